The van der Waals surface area contributed by atoms with E-state index in [1.54, 1.807) is 4.90 Å². The fourth-order valence-corrected chi connectivity index (χ4v) is 2.62. The van der Waals surface area contributed by atoms with Crippen LogP contribution >= 0.6 is 34.2 Å². The van der Waals surface area contributed by atoms with Crippen LogP contribution in [0.1, 0.15) is 10.4 Å². The molecule has 1 amide bonds. The molecule has 0 saturated heterocycles. The number of likely N-dealkylation sites (N-methyl/N-ethyl adjacent to an activating group) is 1. The molecule has 0 heterocycles. The Labute approximate surface area is 143 Å². The van der Waals surface area contributed by atoms with E-state index in [0.717, 1.165) is 14.8 Å². The van der Waals surface area contributed by atoms with Gasteiger partial charge in [-0.1, -0.05) is 23.7 Å². The number of amides is 1. The smallest absolute Gasteiger partial charge is 0.254 e. The molecule has 0 aliphatic carbocycles. The van der Waals surface area contributed by atoms with E-state index in [4.69, 9.17) is 11.6 Å². The normalized spacial score (nSPS) is 10.2. The van der Waals surface area contributed by atoms with Gasteiger partial charge in [0.2, 0.25) is 0 Å². The molecular formula is C16H16ClIN2O. The molecule has 0 radical (unpaired) electrons. The van der Waals surface area contributed by atoms with Gasteiger partial charge in [0.15, 0.2) is 0 Å². The lowest BCUT2D eigenvalue weighted by Gasteiger charge is -2.18. The number of hydrogen-bond acceptors (Lipinski definition) is 2. The van der Waals surface area contributed by atoms with E-state index in [0.29, 0.717) is 18.1 Å². The summed E-state index contributed by atoms with van der Waals surface area (Å²) in [5, 5.41) is 3.98. The first-order chi connectivity index (χ1) is 10.1. The Morgan fingerprint density at radius 1 is 1.19 bits per heavy atom. The van der Waals surface area contributed by atoms with Crippen LogP contribution in [0.3, 0.4) is 0 Å². The average molecular weight is 415 g/mol. The van der Waals surface area contributed by atoms with Gasteiger partial charge in [0.05, 0.1) is 5.56 Å². The van der Waals surface area contributed by atoms with Crippen molar-refractivity contribution in [2.24, 2.45) is 0 Å². The molecule has 0 atom stereocenters. The van der Waals surface area contributed by atoms with Gasteiger partial charge in [-0.05, 0) is 59.0 Å². The summed E-state index contributed by atoms with van der Waals surface area (Å²) in [4.78, 5) is 14.1. The lowest BCUT2D eigenvalue weighted by atomic mass is 10.2. The number of halogens is 2. The molecular weight excluding hydrogens is 399 g/mol. The number of rotatable bonds is 5. The van der Waals surface area contributed by atoms with Crippen molar-refractivity contribution < 1.29 is 4.79 Å². The summed E-state index contributed by atoms with van der Waals surface area (Å²) in [6.45, 7) is 1.32. The Kier molecular flexibility index (Phi) is 5.87. The van der Waals surface area contributed by atoms with Crippen molar-refractivity contribution in [3.8, 4) is 0 Å². The SMILES string of the molecule is CN(CCNc1ccc(Cl)cc1)C(=O)c1ccccc1I. The van der Waals surface area contributed by atoms with Gasteiger partial charge in [0, 0.05) is 34.4 Å². The van der Waals surface area contributed by atoms with E-state index in [1.807, 2.05) is 55.6 Å². The second-order valence-electron chi connectivity index (χ2n) is 4.64. The lowest BCUT2D eigenvalue weighted by molar-refractivity contribution is 0.0799. The molecule has 0 fully saturated rings. The Hall–Kier alpha value is -1.27. The first-order valence-corrected chi connectivity index (χ1v) is 8.03. The number of carbonyl (C=O) groups excluding carboxylic acids is 1. The highest BCUT2D eigenvalue weighted by Gasteiger charge is 2.13. The molecule has 2 rings (SSSR count). The number of nitrogens with zero attached hydrogens (tertiary/aromatic N) is 1. The van der Waals surface area contributed by atoms with E-state index in [2.05, 4.69) is 27.9 Å². The summed E-state index contributed by atoms with van der Waals surface area (Å²) in [6, 6.07) is 15.1. The van der Waals surface area contributed by atoms with Crippen LogP contribution in [-0.2, 0) is 0 Å². The zero-order chi connectivity index (χ0) is 15.2. The van der Waals surface area contributed by atoms with E-state index in [9.17, 15) is 4.79 Å². The van der Waals surface area contributed by atoms with Crippen LogP contribution in [0.5, 0.6) is 0 Å². The van der Waals surface area contributed by atoms with Gasteiger partial charge in [-0.2, -0.15) is 0 Å². The summed E-state index contributed by atoms with van der Waals surface area (Å²) >= 11 is 8.02. The molecule has 0 aliphatic heterocycles. The highest BCUT2D eigenvalue weighted by atomic mass is 127. The van der Waals surface area contributed by atoms with Crippen LogP contribution in [0.2, 0.25) is 5.02 Å². The fourth-order valence-electron chi connectivity index (χ4n) is 1.88. The number of anilines is 1. The standard InChI is InChI=1S/C16H16ClIN2O/c1-20(16(21)14-4-2-3-5-15(14)18)11-10-19-13-8-6-12(17)7-9-13/h2-9,19H,10-11H2,1H3. The Balaban J connectivity index is 1.87. The number of nitrogens with one attached hydrogen (secondary N) is 1. The minimum Gasteiger partial charge on any atom is -0.383 e. The van der Waals surface area contributed by atoms with Crippen LogP contribution in [0.4, 0.5) is 5.69 Å². The van der Waals surface area contributed by atoms with Crippen molar-refractivity contribution >= 4 is 45.8 Å². The van der Waals surface area contributed by atoms with Gasteiger partial charge in [-0.25, -0.2) is 0 Å². The van der Waals surface area contributed by atoms with Gasteiger partial charge in [0.25, 0.3) is 5.91 Å². The molecule has 2 aromatic rings. The molecule has 3 nitrogen and oxygen atoms in total. The quantitative estimate of drug-likeness (QED) is 0.746. The maximum atomic E-state index is 12.3. The van der Waals surface area contributed by atoms with Gasteiger partial charge < -0.3 is 10.2 Å². The van der Waals surface area contributed by atoms with Crippen LogP contribution in [0.25, 0.3) is 0 Å². The third kappa shape index (κ3) is 4.61. The molecule has 0 aliphatic rings. The lowest BCUT2D eigenvalue weighted by Crippen LogP contribution is -2.31. The van der Waals surface area contributed by atoms with Crippen molar-refractivity contribution in [1.82, 2.24) is 4.90 Å². The first-order valence-electron chi connectivity index (χ1n) is 6.57. The number of benzene rings is 2. The molecule has 0 unspecified atom stereocenters. The molecule has 1 N–H and O–H groups in total. The summed E-state index contributed by atoms with van der Waals surface area (Å²) in [6.07, 6.45) is 0. The molecule has 2 aromatic carbocycles. The Morgan fingerprint density at radius 2 is 1.86 bits per heavy atom. The minimum absolute atomic E-state index is 0.0397. The summed E-state index contributed by atoms with van der Waals surface area (Å²) in [5.41, 5.74) is 1.74. The fraction of sp³-hybridized carbons (Fsp3) is 0.188. The predicted molar refractivity (Wildman–Crippen MR) is 96.1 cm³/mol. The topological polar surface area (TPSA) is 32.3 Å². The maximum absolute atomic E-state index is 12.3. The highest BCUT2D eigenvalue weighted by Crippen LogP contribution is 2.14. The highest BCUT2D eigenvalue weighted by molar-refractivity contribution is 14.1. The monoisotopic (exact) mass is 414 g/mol. The van der Waals surface area contributed by atoms with Gasteiger partial charge >= 0.3 is 0 Å². The minimum atomic E-state index is 0.0397. The molecule has 0 bridgehead atoms. The van der Waals surface area contributed by atoms with Crippen LogP contribution in [0.15, 0.2) is 48.5 Å². The zero-order valence-corrected chi connectivity index (χ0v) is 14.6. The molecule has 0 saturated carbocycles. The Bertz CT molecular complexity index is 616. The molecule has 21 heavy (non-hydrogen) atoms. The molecule has 110 valence electrons. The zero-order valence-electron chi connectivity index (χ0n) is 11.6. The third-order valence-corrected chi connectivity index (χ3v) is 4.26. The van der Waals surface area contributed by atoms with E-state index >= 15 is 0 Å². The van der Waals surface area contributed by atoms with E-state index < -0.39 is 0 Å². The second-order valence-corrected chi connectivity index (χ2v) is 6.24. The molecule has 5 heteroatoms. The Morgan fingerprint density at radius 3 is 2.52 bits per heavy atom. The molecule has 0 spiro atoms. The van der Waals surface area contributed by atoms with E-state index in [1.165, 1.54) is 0 Å². The number of hydrogen-bond donors (Lipinski definition) is 1. The van der Waals surface area contributed by atoms with Crippen LogP contribution in [-0.4, -0.2) is 30.9 Å². The average Bonchev–Trinajstić information content (AvgIpc) is 2.49. The van der Waals surface area contributed by atoms with Crippen molar-refractivity contribution in [2.75, 3.05) is 25.5 Å². The predicted octanol–water partition coefficient (Wildman–Crippen LogP) is 4.13. The summed E-state index contributed by atoms with van der Waals surface area (Å²) in [7, 11) is 1.81. The van der Waals surface area contributed by atoms with Crippen molar-refractivity contribution in [2.45, 2.75) is 0 Å². The summed E-state index contributed by atoms with van der Waals surface area (Å²) < 4.78 is 0.970. The van der Waals surface area contributed by atoms with Crippen molar-refractivity contribution in [3.05, 3.63) is 62.7 Å². The van der Waals surface area contributed by atoms with Crippen LogP contribution in [0, 0.1) is 3.57 Å². The third-order valence-electron chi connectivity index (χ3n) is 3.07. The van der Waals surface area contributed by atoms with Gasteiger partial charge in [-0.15, -0.1) is 0 Å². The van der Waals surface area contributed by atoms with E-state index in [-0.39, 0.29) is 5.91 Å². The summed E-state index contributed by atoms with van der Waals surface area (Å²) in [5.74, 6) is 0.0397. The van der Waals surface area contributed by atoms with Crippen molar-refractivity contribution in [3.63, 3.8) is 0 Å². The number of carbonyl (C=O) groups is 1. The largest absolute Gasteiger partial charge is 0.383 e. The maximum Gasteiger partial charge on any atom is 0.254 e. The van der Waals surface area contributed by atoms with Gasteiger partial charge in [0.1, 0.15) is 0 Å². The van der Waals surface area contributed by atoms with Crippen molar-refractivity contribution in [1.29, 1.82) is 0 Å². The first kappa shape index (κ1) is 16.1. The second kappa shape index (κ2) is 7.66. The van der Waals surface area contributed by atoms with Crippen LogP contribution < -0.4 is 5.32 Å². The molecule has 0 aromatic heterocycles. The van der Waals surface area contributed by atoms with Gasteiger partial charge in [-0.3, -0.25) is 4.79 Å².